The number of hydrogen-bond acceptors (Lipinski definition) is 3. The minimum atomic E-state index is 0.238. The van der Waals surface area contributed by atoms with Gasteiger partial charge in [0.2, 0.25) is 0 Å². The molecule has 2 N–H and O–H groups in total. The Morgan fingerprint density at radius 1 is 1.50 bits per heavy atom. The molecule has 0 amide bonds. The first-order chi connectivity index (χ1) is 6.77. The third-order valence-electron chi connectivity index (χ3n) is 2.23. The Morgan fingerprint density at radius 2 is 2.29 bits per heavy atom. The van der Waals surface area contributed by atoms with Gasteiger partial charge in [0.1, 0.15) is 6.10 Å². The number of halogens is 1. The lowest BCUT2D eigenvalue weighted by Gasteiger charge is -2.26. The quantitative estimate of drug-likeness (QED) is 0.843. The predicted octanol–water partition coefficient (Wildman–Crippen LogP) is 1.95. The van der Waals surface area contributed by atoms with Gasteiger partial charge in [0.05, 0.1) is 19.8 Å². The van der Waals surface area contributed by atoms with E-state index >= 15 is 0 Å². The molecule has 1 saturated heterocycles. The van der Waals surface area contributed by atoms with Crippen molar-refractivity contribution in [3.8, 4) is 0 Å². The topological polar surface area (TPSA) is 44.5 Å². The summed E-state index contributed by atoms with van der Waals surface area (Å²) >= 11 is 3.45. The average Bonchev–Trinajstić information content (AvgIpc) is 2.07. The van der Waals surface area contributed by atoms with Crippen LogP contribution in [-0.2, 0) is 16.1 Å². The summed E-state index contributed by atoms with van der Waals surface area (Å²) < 4.78 is 11.6. The van der Waals surface area contributed by atoms with Gasteiger partial charge < -0.3 is 15.2 Å². The van der Waals surface area contributed by atoms with Crippen molar-refractivity contribution in [3.05, 3.63) is 28.2 Å². The van der Waals surface area contributed by atoms with Crippen LogP contribution in [0.2, 0.25) is 0 Å². The predicted molar refractivity (Wildman–Crippen MR) is 58.0 cm³/mol. The second kappa shape index (κ2) is 4.29. The Balaban J connectivity index is 2.00. The van der Waals surface area contributed by atoms with Gasteiger partial charge in [-0.3, -0.25) is 0 Å². The average molecular weight is 258 g/mol. The molecule has 1 aromatic carbocycles. The first kappa shape index (κ1) is 9.96. The lowest BCUT2D eigenvalue weighted by molar-refractivity contribution is -0.135. The minimum absolute atomic E-state index is 0.238. The standard InChI is InChI=1S/C10H12BrNO2/c11-9-2-1-3-10(12)8(9)6-14-7-4-13-5-7/h1-3,7H,4-6,12H2. The molecule has 1 fully saturated rings. The molecule has 1 aliphatic rings. The Kier molecular flexibility index (Phi) is 3.05. The van der Waals surface area contributed by atoms with Crippen LogP contribution in [0.5, 0.6) is 0 Å². The van der Waals surface area contributed by atoms with Crippen molar-refractivity contribution >= 4 is 21.6 Å². The van der Waals surface area contributed by atoms with Crippen LogP contribution in [0.4, 0.5) is 5.69 Å². The Labute approximate surface area is 91.3 Å². The van der Waals surface area contributed by atoms with Crippen molar-refractivity contribution in [1.29, 1.82) is 0 Å². The number of ether oxygens (including phenoxy) is 2. The van der Waals surface area contributed by atoms with E-state index in [1.165, 1.54) is 0 Å². The summed E-state index contributed by atoms with van der Waals surface area (Å²) in [5.41, 5.74) is 7.60. The van der Waals surface area contributed by atoms with E-state index < -0.39 is 0 Å². The van der Waals surface area contributed by atoms with Crippen LogP contribution in [0.25, 0.3) is 0 Å². The minimum Gasteiger partial charge on any atom is -0.398 e. The lowest BCUT2D eigenvalue weighted by atomic mass is 10.2. The van der Waals surface area contributed by atoms with E-state index in [-0.39, 0.29) is 6.10 Å². The van der Waals surface area contributed by atoms with Gasteiger partial charge in [-0.1, -0.05) is 22.0 Å². The number of benzene rings is 1. The van der Waals surface area contributed by atoms with Crippen molar-refractivity contribution in [2.75, 3.05) is 18.9 Å². The number of anilines is 1. The van der Waals surface area contributed by atoms with Gasteiger partial charge in [0, 0.05) is 15.7 Å². The fourth-order valence-corrected chi connectivity index (χ4v) is 1.74. The van der Waals surface area contributed by atoms with Gasteiger partial charge in [-0.15, -0.1) is 0 Å². The van der Waals surface area contributed by atoms with Gasteiger partial charge in [0.25, 0.3) is 0 Å². The van der Waals surface area contributed by atoms with E-state index in [0.717, 1.165) is 15.7 Å². The molecule has 1 aromatic rings. The SMILES string of the molecule is Nc1cccc(Br)c1COC1COC1. The highest BCUT2D eigenvalue weighted by molar-refractivity contribution is 9.10. The van der Waals surface area contributed by atoms with Crippen LogP contribution < -0.4 is 5.73 Å². The molecule has 0 saturated carbocycles. The molecule has 1 aliphatic heterocycles. The molecule has 76 valence electrons. The van der Waals surface area contributed by atoms with E-state index in [2.05, 4.69) is 15.9 Å². The zero-order chi connectivity index (χ0) is 9.97. The normalized spacial score (nSPS) is 16.6. The molecule has 0 unspecified atom stereocenters. The van der Waals surface area contributed by atoms with Crippen molar-refractivity contribution in [1.82, 2.24) is 0 Å². The van der Waals surface area contributed by atoms with E-state index in [9.17, 15) is 0 Å². The fourth-order valence-electron chi connectivity index (χ4n) is 1.24. The monoisotopic (exact) mass is 257 g/mol. The third kappa shape index (κ3) is 2.08. The van der Waals surface area contributed by atoms with Crippen LogP contribution in [0, 0.1) is 0 Å². The molecule has 2 rings (SSSR count). The van der Waals surface area contributed by atoms with Crippen LogP contribution >= 0.6 is 15.9 Å². The fraction of sp³-hybridized carbons (Fsp3) is 0.400. The van der Waals surface area contributed by atoms with Gasteiger partial charge in [-0.2, -0.15) is 0 Å². The van der Waals surface area contributed by atoms with E-state index in [0.29, 0.717) is 19.8 Å². The summed E-state index contributed by atoms with van der Waals surface area (Å²) in [6.07, 6.45) is 0.238. The van der Waals surface area contributed by atoms with Crippen molar-refractivity contribution in [2.45, 2.75) is 12.7 Å². The number of nitrogens with two attached hydrogens (primary N) is 1. The second-order valence-corrected chi connectivity index (χ2v) is 4.13. The Bertz CT molecular complexity index is 306. The van der Waals surface area contributed by atoms with Crippen molar-refractivity contribution < 1.29 is 9.47 Å². The molecule has 1 heterocycles. The third-order valence-corrected chi connectivity index (χ3v) is 2.97. The first-order valence-electron chi connectivity index (χ1n) is 4.49. The molecule has 0 atom stereocenters. The Morgan fingerprint density at radius 3 is 2.86 bits per heavy atom. The maximum Gasteiger partial charge on any atom is 0.105 e. The highest BCUT2D eigenvalue weighted by Gasteiger charge is 2.19. The first-order valence-corrected chi connectivity index (χ1v) is 5.29. The smallest absolute Gasteiger partial charge is 0.105 e. The van der Waals surface area contributed by atoms with Gasteiger partial charge >= 0.3 is 0 Å². The number of nitrogen functional groups attached to an aromatic ring is 1. The molecular weight excluding hydrogens is 246 g/mol. The zero-order valence-corrected chi connectivity index (χ0v) is 9.29. The van der Waals surface area contributed by atoms with Crippen LogP contribution in [0.15, 0.2) is 22.7 Å². The summed E-state index contributed by atoms with van der Waals surface area (Å²) in [7, 11) is 0. The van der Waals surface area contributed by atoms with E-state index in [4.69, 9.17) is 15.2 Å². The molecule has 0 spiro atoms. The molecular formula is C10H12BrNO2. The molecule has 0 aromatic heterocycles. The maximum absolute atomic E-state index is 5.83. The van der Waals surface area contributed by atoms with Crippen LogP contribution in [-0.4, -0.2) is 19.3 Å². The summed E-state index contributed by atoms with van der Waals surface area (Å²) in [5, 5.41) is 0. The zero-order valence-electron chi connectivity index (χ0n) is 7.70. The Hall–Kier alpha value is -0.580. The number of hydrogen-bond donors (Lipinski definition) is 1. The highest BCUT2D eigenvalue weighted by atomic mass is 79.9. The summed E-state index contributed by atoms with van der Waals surface area (Å²) in [4.78, 5) is 0. The molecule has 0 bridgehead atoms. The highest BCUT2D eigenvalue weighted by Crippen LogP contribution is 2.24. The maximum atomic E-state index is 5.83. The summed E-state index contributed by atoms with van der Waals surface area (Å²) in [6.45, 7) is 1.94. The van der Waals surface area contributed by atoms with Gasteiger partial charge in [-0.25, -0.2) is 0 Å². The second-order valence-electron chi connectivity index (χ2n) is 3.28. The van der Waals surface area contributed by atoms with Crippen LogP contribution in [0.3, 0.4) is 0 Å². The number of rotatable bonds is 3. The summed E-state index contributed by atoms with van der Waals surface area (Å²) in [5.74, 6) is 0. The molecule has 0 aliphatic carbocycles. The van der Waals surface area contributed by atoms with Gasteiger partial charge in [-0.05, 0) is 12.1 Å². The lowest BCUT2D eigenvalue weighted by Crippen LogP contribution is -2.35. The van der Waals surface area contributed by atoms with Crippen molar-refractivity contribution in [2.24, 2.45) is 0 Å². The summed E-state index contributed by atoms with van der Waals surface area (Å²) in [6, 6.07) is 5.75. The molecule has 0 radical (unpaired) electrons. The molecule has 4 heteroatoms. The molecule has 3 nitrogen and oxygen atoms in total. The van der Waals surface area contributed by atoms with Crippen molar-refractivity contribution in [3.63, 3.8) is 0 Å². The molecule has 14 heavy (non-hydrogen) atoms. The largest absolute Gasteiger partial charge is 0.398 e. The van der Waals surface area contributed by atoms with E-state index in [1.807, 2.05) is 18.2 Å². The van der Waals surface area contributed by atoms with Gasteiger partial charge in [0.15, 0.2) is 0 Å². The van der Waals surface area contributed by atoms with Crippen LogP contribution in [0.1, 0.15) is 5.56 Å². The van der Waals surface area contributed by atoms with E-state index in [1.54, 1.807) is 0 Å².